The summed E-state index contributed by atoms with van der Waals surface area (Å²) >= 11 is 0. The molecule has 0 fully saturated rings. The number of hydrogen-bond donors (Lipinski definition) is 0. The summed E-state index contributed by atoms with van der Waals surface area (Å²) < 4.78 is 6.34. The number of likely N-dealkylation sites (N-methyl/N-ethyl adjacent to an activating group) is 1. The SMILES string of the molecule is C=CC(COC(c1ccccc1)c1ccccc1)N(CC)CC. The second-order valence-corrected chi connectivity index (χ2v) is 5.56. The van der Waals surface area contributed by atoms with Gasteiger partial charge in [0.25, 0.3) is 0 Å². The van der Waals surface area contributed by atoms with Crippen LogP contribution in [0.3, 0.4) is 0 Å². The van der Waals surface area contributed by atoms with E-state index in [2.05, 4.69) is 73.9 Å². The Kier molecular flexibility index (Phi) is 7.05. The van der Waals surface area contributed by atoms with E-state index in [1.54, 1.807) is 0 Å². The van der Waals surface area contributed by atoms with E-state index in [1.165, 1.54) is 11.1 Å². The summed E-state index contributed by atoms with van der Waals surface area (Å²) in [6, 6.07) is 21.0. The van der Waals surface area contributed by atoms with Crippen molar-refractivity contribution in [1.82, 2.24) is 4.90 Å². The van der Waals surface area contributed by atoms with Gasteiger partial charge in [-0.25, -0.2) is 0 Å². The highest BCUT2D eigenvalue weighted by atomic mass is 16.5. The largest absolute Gasteiger partial charge is 0.367 e. The Labute approximate surface area is 140 Å². The summed E-state index contributed by atoms with van der Waals surface area (Å²) in [6.45, 7) is 11.0. The van der Waals surface area contributed by atoms with Crippen molar-refractivity contribution in [3.8, 4) is 0 Å². The Hall–Kier alpha value is -1.90. The molecule has 2 rings (SSSR count). The van der Waals surface area contributed by atoms with Gasteiger partial charge in [-0.1, -0.05) is 80.6 Å². The highest BCUT2D eigenvalue weighted by Gasteiger charge is 2.18. The van der Waals surface area contributed by atoms with Crippen LogP contribution in [0.25, 0.3) is 0 Å². The number of ether oxygens (including phenoxy) is 1. The molecule has 0 aliphatic heterocycles. The third kappa shape index (κ3) is 4.78. The fourth-order valence-corrected chi connectivity index (χ4v) is 2.85. The van der Waals surface area contributed by atoms with Crippen LogP contribution in [0.4, 0.5) is 0 Å². The van der Waals surface area contributed by atoms with Crippen LogP contribution in [-0.4, -0.2) is 30.6 Å². The maximum Gasteiger partial charge on any atom is 0.108 e. The molecule has 0 saturated carbocycles. The molecule has 0 heterocycles. The van der Waals surface area contributed by atoms with E-state index in [9.17, 15) is 0 Å². The summed E-state index contributed by atoms with van der Waals surface area (Å²) in [5.74, 6) is 0. The van der Waals surface area contributed by atoms with Gasteiger partial charge < -0.3 is 4.74 Å². The molecule has 2 nitrogen and oxygen atoms in total. The van der Waals surface area contributed by atoms with Crippen molar-refractivity contribution in [3.05, 3.63) is 84.4 Å². The Morgan fingerprint density at radius 2 is 1.39 bits per heavy atom. The third-order valence-corrected chi connectivity index (χ3v) is 4.19. The number of nitrogens with zero attached hydrogens (tertiary/aromatic N) is 1. The van der Waals surface area contributed by atoms with Crippen molar-refractivity contribution in [1.29, 1.82) is 0 Å². The molecule has 0 saturated heterocycles. The van der Waals surface area contributed by atoms with Gasteiger partial charge in [0, 0.05) is 0 Å². The molecule has 0 amide bonds. The average molecular weight is 309 g/mol. The van der Waals surface area contributed by atoms with E-state index in [1.807, 2.05) is 18.2 Å². The molecule has 1 unspecified atom stereocenters. The molecule has 0 radical (unpaired) electrons. The summed E-state index contributed by atoms with van der Waals surface area (Å²) in [7, 11) is 0. The molecule has 0 N–H and O–H groups in total. The maximum absolute atomic E-state index is 6.34. The van der Waals surface area contributed by atoms with Crippen LogP contribution in [0, 0.1) is 0 Å². The summed E-state index contributed by atoms with van der Waals surface area (Å²) in [5, 5.41) is 0. The minimum absolute atomic E-state index is 0.0459. The van der Waals surface area contributed by atoms with Crippen LogP contribution in [0.2, 0.25) is 0 Å². The lowest BCUT2D eigenvalue weighted by atomic mass is 10.0. The Morgan fingerprint density at radius 1 is 0.913 bits per heavy atom. The summed E-state index contributed by atoms with van der Waals surface area (Å²) in [4.78, 5) is 2.36. The normalized spacial score (nSPS) is 12.5. The number of hydrogen-bond acceptors (Lipinski definition) is 2. The highest BCUT2D eigenvalue weighted by molar-refractivity contribution is 5.29. The standard InChI is InChI=1S/C21H27NO/c1-4-20(22(5-2)6-3)17-23-21(18-13-9-7-10-14-18)19-15-11-8-12-16-19/h4,7-16,20-21H,1,5-6,17H2,2-3H3. The van der Waals surface area contributed by atoms with Gasteiger partial charge in [-0.3, -0.25) is 4.90 Å². The van der Waals surface area contributed by atoms with Crippen LogP contribution in [-0.2, 0) is 4.74 Å². The highest BCUT2D eigenvalue weighted by Crippen LogP contribution is 2.26. The van der Waals surface area contributed by atoms with E-state index in [0.29, 0.717) is 6.61 Å². The third-order valence-electron chi connectivity index (χ3n) is 4.19. The molecular weight excluding hydrogens is 282 g/mol. The average Bonchev–Trinajstić information content (AvgIpc) is 2.63. The Bertz CT molecular complexity index is 523. The molecule has 0 bridgehead atoms. The molecule has 0 spiro atoms. The number of benzene rings is 2. The molecule has 0 aliphatic rings. The first-order chi connectivity index (χ1) is 11.3. The van der Waals surface area contributed by atoms with E-state index >= 15 is 0 Å². The van der Waals surface area contributed by atoms with Crippen LogP contribution in [0.1, 0.15) is 31.1 Å². The lowest BCUT2D eigenvalue weighted by Crippen LogP contribution is -2.37. The monoisotopic (exact) mass is 309 g/mol. The molecule has 0 aromatic heterocycles. The minimum atomic E-state index is -0.0459. The Morgan fingerprint density at radius 3 is 1.78 bits per heavy atom. The smallest absolute Gasteiger partial charge is 0.108 e. The van der Waals surface area contributed by atoms with Crippen molar-refractivity contribution in [3.63, 3.8) is 0 Å². The predicted molar refractivity (Wildman–Crippen MR) is 97.6 cm³/mol. The molecular formula is C21H27NO. The van der Waals surface area contributed by atoms with Gasteiger partial charge in [-0.15, -0.1) is 6.58 Å². The molecule has 2 aromatic carbocycles. The molecule has 23 heavy (non-hydrogen) atoms. The van der Waals surface area contributed by atoms with Crippen LogP contribution < -0.4 is 0 Å². The topological polar surface area (TPSA) is 12.5 Å². The summed E-state index contributed by atoms with van der Waals surface area (Å²) in [5.41, 5.74) is 2.36. The lowest BCUT2D eigenvalue weighted by Gasteiger charge is -2.29. The molecule has 1 atom stereocenters. The zero-order valence-corrected chi connectivity index (χ0v) is 14.2. The molecule has 122 valence electrons. The fourth-order valence-electron chi connectivity index (χ4n) is 2.85. The summed E-state index contributed by atoms with van der Waals surface area (Å²) in [6.07, 6.45) is 1.94. The molecule has 0 aliphatic carbocycles. The van der Waals surface area contributed by atoms with Crippen molar-refractivity contribution < 1.29 is 4.74 Å². The van der Waals surface area contributed by atoms with Gasteiger partial charge in [-0.2, -0.15) is 0 Å². The van der Waals surface area contributed by atoms with E-state index in [0.717, 1.165) is 13.1 Å². The zero-order valence-electron chi connectivity index (χ0n) is 14.2. The number of rotatable bonds is 9. The first-order valence-electron chi connectivity index (χ1n) is 8.38. The second kappa shape index (κ2) is 9.29. The van der Waals surface area contributed by atoms with E-state index in [-0.39, 0.29) is 12.1 Å². The minimum Gasteiger partial charge on any atom is -0.367 e. The van der Waals surface area contributed by atoms with Crippen LogP contribution in [0.5, 0.6) is 0 Å². The molecule has 2 heteroatoms. The first kappa shape index (κ1) is 17.5. The van der Waals surface area contributed by atoms with Gasteiger partial charge in [0.05, 0.1) is 12.6 Å². The van der Waals surface area contributed by atoms with Crippen LogP contribution >= 0.6 is 0 Å². The van der Waals surface area contributed by atoms with Gasteiger partial charge >= 0.3 is 0 Å². The van der Waals surface area contributed by atoms with Crippen LogP contribution in [0.15, 0.2) is 73.3 Å². The lowest BCUT2D eigenvalue weighted by molar-refractivity contribution is 0.0420. The second-order valence-electron chi connectivity index (χ2n) is 5.56. The zero-order chi connectivity index (χ0) is 16.5. The quantitative estimate of drug-likeness (QED) is 0.623. The predicted octanol–water partition coefficient (Wildman–Crippen LogP) is 4.69. The van der Waals surface area contributed by atoms with Gasteiger partial charge in [0.15, 0.2) is 0 Å². The fraction of sp³-hybridized carbons (Fsp3) is 0.333. The van der Waals surface area contributed by atoms with Crippen molar-refractivity contribution in [2.24, 2.45) is 0 Å². The van der Waals surface area contributed by atoms with Gasteiger partial charge in [0.1, 0.15) is 6.10 Å². The Balaban J connectivity index is 2.17. The first-order valence-corrected chi connectivity index (χ1v) is 8.38. The van der Waals surface area contributed by atoms with Crippen molar-refractivity contribution >= 4 is 0 Å². The molecule has 2 aromatic rings. The van der Waals surface area contributed by atoms with E-state index < -0.39 is 0 Å². The van der Waals surface area contributed by atoms with Crippen molar-refractivity contribution in [2.75, 3.05) is 19.7 Å². The van der Waals surface area contributed by atoms with E-state index in [4.69, 9.17) is 4.74 Å². The van der Waals surface area contributed by atoms with Gasteiger partial charge in [0.2, 0.25) is 0 Å². The van der Waals surface area contributed by atoms with Crippen molar-refractivity contribution in [2.45, 2.75) is 26.0 Å². The maximum atomic E-state index is 6.34. The van der Waals surface area contributed by atoms with Gasteiger partial charge in [-0.05, 0) is 24.2 Å².